The standard InChI is InChI=1S/C12H14N2O4S/c13-8-3-4-10-11(6-8)19(16,17)14(12(10)15)7-9-2-1-5-18-9/h3-4,6,9H,1-2,5,7,13H2. The molecule has 1 unspecified atom stereocenters. The van der Waals surface area contributed by atoms with Crippen molar-refractivity contribution in [3.8, 4) is 0 Å². The highest BCUT2D eigenvalue weighted by Crippen LogP contribution is 2.32. The van der Waals surface area contributed by atoms with Gasteiger partial charge in [0.2, 0.25) is 0 Å². The summed E-state index contributed by atoms with van der Waals surface area (Å²) in [5, 5.41) is 0. The maximum Gasteiger partial charge on any atom is 0.269 e. The lowest BCUT2D eigenvalue weighted by molar-refractivity contribution is 0.0708. The predicted molar refractivity (Wildman–Crippen MR) is 68.1 cm³/mol. The zero-order valence-corrected chi connectivity index (χ0v) is 11.0. The molecule has 1 fully saturated rings. The first-order valence-electron chi connectivity index (χ1n) is 6.08. The van der Waals surface area contributed by atoms with E-state index in [1.54, 1.807) is 0 Å². The molecule has 2 N–H and O–H groups in total. The minimum atomic E-state index is -3.78. The van der Waals surface area contributed by atoms with E-state index in [1.807, 2.05) is 0 Å². The van der Waals surface area contributed by atoms with Gasteiger partial charge in [-0.2, -0.15) is 0 Å². The van der Waals surface area contributed by atoms with Crippen LogP contribution in [0.1, 0.15) is 23.2 Å². The van der Waals surface area contributed by atoms with Crippen LogP contribution in [0.25, 0.3) is 0 Å². The van der Waals surface area contributed by atoms with Crippen molar-refractivity contribution < 1.29 is 17.9 Å². The van der Waals surface area contributed by atoms with Gasteiger partial charge in [-0.1, -0.05) is 0 Å². The van der Waals surface area contributed by atoms with Gasteiger partial charge in [0.1, 0.15) is 4.90 Å². The summed E-state index contributed by atoms with van der Waals surface area (Å²) in [4.78, 5) is 12.2. The number of hydrogen-bond donors (Lipinski definition) is 1. The number of amides is 1. The van der Waals surface area contributed by atoms with Crippen LogP contribution in [-0.4, -0.2) is 37.9 Å². The van der Waals surface area contributed by atoms with E-state index in [0.717, 1.165) is 17.1 Å². The van der Waals surface area contributed by atoms with Crippen molar-refractivity contribution in [2.75, 3.05) is 18.9 Å². The number of nitrogens with zero attached hydrogens (tertiary/aromatic N) is 1. The maximum absolute atomic E-state index is 12.3. The molecule has 1 amide bonds. The van der Waals surface area contributed by atoms with Crippen LogP contribution in [0.2, 0.25) is 0 Å². The molecule has 1 saturated heterocycles. The lowest BCUT2D eigenvalue weighted by atomic mass is 10.2. The van der Waals surface area contributed by atoms with Crippen LogP contribution in [0.5, 0.6) is 0 Å². The van der Waals surface area contributed by atoms with Crippen molar-refractivity contribution in [3.05, 3.63) is 23.8 Å². The number of nitrogens with two attached hydrogens (primary N) is 1. The summed E-state index contributed by atoms with van der Waals surface area (Å²) >= 11 is 0. The molecule has 2 aliphatic heterocycles. The monoisotopic (exact) mass is 282 g/mol. The Bertz CT molecular complexity index is 635. The van der Waals surface area contributed by atoms with Crippen molar-refractivity contribution in [1.29, 1.82) is 0 Å². The van der Waals surface area contributed by atoms with Crippen LogP contribution in [0.15, 0.2) is 23.1 Å². The number of rotatable bonds is 2. The van der Waals surface area contributed by atoms with Crippen LogP contribution in [-0.2, 0) is 14.8 Å². The highest BCUT2D eigenvalue weighted by Gasteiger charge is 2.42. The number of sulfonamides is 1. The Hall–Kier alpha value is -1.60. The molecule has 0 radical (unpaired) electrons. The smallest absolute Gasteiger partial charge is 0.269 e. The minimum absolute atomic E-state index is 0.00417. The van der Waals surface area contributed by atoms with Gasteiger partial charge in [0.25, 0.3) is 15.9 Å². The first-order valence-corrected chi connectivity index (χ1v) is 7.52. The number of carbonyl (C=O) groups is 1. The number of ether oxygens (including phenoxy) is 1. The minimum Gasteiger partial charge on any atom is -0.399 e. The Morgan fingerprint density at radius 2 is 2.21 bits per heavy atom. The number of nitrogen functional groups attached to an aromatic ring is 1. The van der Waals surface area contributed by atoms with Crippen LogP contribution >= 0.6 is 0 Å². The van der Waals surface area contributed by atoms with Gasteiger partial charge in [0.15, 0.2) is 0 Å². The first-order chi connectivity index (χ1) is 9.00. The van der Waals surface area contributed by atoms with E-state index < -0.39 is 15.9 Å². The van der Waals surface area contributed by atoms with Gasteiger partial charge in [0.05, 0.1) is 18.2 Å². The quantitative estimate of drug-likeness (QED) is 0.802. The molecule has 1 aromatic carbocycles. The number of hydrogen-bond acceptors (Lipinski definition) is 5. The lowest BCUT2D eigenvalue weighted by Gasteiger charge is -2.18. The number of benzene rings is 1. The Kier molecular flexibility index (Phi) is 2.75. The van der Waals surface area contributed by atoms with E-state index in [0.29, 0.717) is 12.3 Å². The third-order valence-electron chi connectivity index (χ3n) is 3.42. The van der Waals surface area contributed by atoms with E-state index >= 15 is 0 Å². The van der Waals surface area contributed by atoms with Crippen molar-refractivity contribution in [3.63, 3.8) is 0 Å². The van der Waals surface area contributed by atoms with E-state index in [2.05, 4.69) is 0 Å². The summed E-state index contributed by atoms with van der Waals surface area (Å²) in [7, 11) is -3.78. The molecule has 6 nitrogen and oxygen atoms in total. The highest BCUT2D eigenvalue weighted by molar-refractivity contribution is 7.90. The molecule has 3 rings (SSSR count). The molecule has 0 aromatic heterocycles. The first kappa shape index (κ1) is 12.4. The molecule has 0 saturated carbocycles. The average Bonchev–Trinajstić information content (AvgIpc) is 2.92. The van der Waals surface area contributed by atoms with E-state index in [1.165, 1.54) is 18.2 Å². The lowest BCUT2D eigenvalue weighted by Crippen LogP contribution is -2.36. The molecule has 7 heteroatoms. The van der Waals surface area contributed by atoms with Crippen LogP contribution in [0.3, 0.4) is 0 Å². The largest absolute Gasteiger partial charge is 0.399 e. The summed E-state index contributed by atoms with van der Waals surface area (Å²) in [6.07, 6.45) is 1.47. The number of fused-ring (bicyclic) bond motifs is 1. The van der Waals surface area contributed by atoms with Gasteiger partial charge in [0, 0.05) is 12.3 Å². The van der Waals surface area contributed by atoms with E-state index in [9.17, 15) is 13.2 Å². The molecule has 0 spiro atoms. The van der Waals surface area contributed by atoms with Crippen LogP contribution in [0.4, 0.5) is 5.69 Å². The fourth-order valence-electron chi connectivity index (χ4n) is 2.45. The average molecular weight is 282 g/mol. The summed E-state index contributed by atoms with van der Waals surface area (Å²) in [5.41, 5.74) is 6.10. The molecule has 2 aliphatic rings. The highest BCUT2D eigenvalue weighted by atomic mass is 32.2. The second-order valence-corrected chi connectivity index (χ2v) is 6.56. The second-order valence-electron chi connectivity index (χ2n) is 4.73. The van der Waals surface area contributed by atoms with Crippen molar-refractivity contribution in [1.82, 2.24) is 4.31 Å². The zero-order valence-electron chi connectivity index (χ0n) is 10.2. The van der Waals surface area contributed by atoms with E-state index in [-0.39, 0.29) is 23.1 Å². The zero-order chi connectivity index (χ0) is 13.6. The molecule has 2 heterocycles. The SMILES string of the molecule is Nc1ccc2c(c1)S(=O)(=O)N(CC1CCCO1)C2=O. The fraction of sp³-hybridized carbons (Fsp3) is 0.417. The van der Waals surface area contributed by atoms with Gasteiger partial charge in [-0.3, -0.25) is 4.79 Å². The van der Waals surface area contributed by atoms with Gasteiger partial charge in [-0.05, 0) is 31.0 Å². The van der Waals surface area contributed by atoms with Crippen molar-refractivity contribution in [2.45, 2.75) is 23.8 Å². The Labute approximate surface area is 111 Å². The van der Waals surface area contributed by atoms with Crippen LogP contribution in [0, 0.1) is 0 Å². The number of anilines is 1. The normalized spacial score (nSPS) is 24.7. The van der Waals surface area contributed by atoms with Crippen molar-refractivity contribution >= 4 is 21.6 Å². The Morgan fingerprint density at radius 1 is 1.42 bits per heavy atom. The maximum atomic E-state index is 12.3. The van der Waals surface area contributed by atoms with E-state index in [4.69, 9.17) is 10.5 Å². The van der Waals surface area contributed by atoms with Gasteiger partial charge in [-0.25, -0.2) is 12.7 Å². The molecular formula is C12H14N2O4S. The Balaban J connectivity index is 1.98. The second kappa shape index (κ2) is 4.21. The van der Waals surface area contributed by atoms with Gasteiger partial charge in [-0.15, -0.1) is 0 Å². The molecule has 102 valence electrons. The van der Waals surface area contributed by atoms with Crippen LogP contribution < -0.4 is 5.73 Å². The molecule has 0 bridgehead atoms. The topological polar surface area (TPSA) is 89.7 Å². The third kappa shape index (κ3) is 1.89. The molecular weight excluding hydrogens is 268 g/mol. The molecule has 19 heavy (non-hydrogen) atoms. The summed E-state index contributed by atoms with van der Waals surface area (Å²) in [6, 6.07) is 4.32. The van der Waals surface area contributed by atoms with Gasteiger partial charge >= 0.3 is 0 Å². The predicted octanol–water partition coefficient (Wildman–Crippen LogP) is 0.592. The molecule has 0 aliphatic carbocycles. The number of carbonyl (C=O) groups excluding carboxylic acids is 1. The molecule has 1 aromatic rings. The molecule has 1 atom stereocenters. The van der Waals surface area contributed by atoms with Gasteiger partial charge < -0.3 is 10.5 Å². The summed E-state index contributed by atoms with van der Waals surface area (Å²) < 4.78 is 30.9. The van der Waals surface area contributed by atoms with Crippen molar-refractivity contribution in [2.24, 2.45) is 0 Å². The fourth-order valence-corrected chi connectivity index (χ4v) is 4.08. The summed E-state index contributed by atoms with van der Waals surface area (Å²) in [6.45, 7) is 0.697. The Morgan fingerprint density at radius 3 is 2.89 bits per heavy atom. The summed E-state index contributed by atoms with van der Waals surface area (Å²) in [5.74, 6) is -0.495. The third-order valence-corrected chi connectivity index (χ3v) is 5.21.